The second-order valence-electron chi connectivity index (χ2n) is 1.15. The van der Waals surface area contributed by atoms with Gasteiger partial charge in [0.05, 0.1) is 0 Å². The van der Waals surface area contributed by atoms with Gasteiger partial charge in [0.1, 0.15) is 0 Å². The average molecular weight is 110 g/mol. The van der Waals surface area contributed by atoms with E-state index in [0.717, 1.165) is 0 Å². The summed E-state index contributed by atoms with van der Waals surface area (Å²) in [5.41, 5.74) is 2.36. The summed E-state index contributed by atoms with van der Waals surface area (Å²) in [6.07, 6.45) is 8.74. The monoisotopic (exact) mass is 110 g/mol. The molecule has 0 aromatic carbocycles. The van der Waals surface area contributed by atoms with Gasteiger partial charge in [-0.25, -0.2) is 0 Å². The van der Waals surface area contributed by atoms with E-state index in [1.807, 2.05) is 12.2 Å². The van der Waals surface area contributed by atoms with Gasteiger partial charge < -0.3 is 5.43 Å². The van der Waals surface area contributed by atoms with E-state index < -0.39 is 0 Å². The molecule has 0 bridgehead atoms. The van der Waals surface area contributed by atoms with E-state index in [4.69, 9.17) is 5.84 Å². The van der Waals surface area contributed by atoms with E-state index in [1.54, 1.807) is 18.4 Å². The van der Waals surface area contributed by atoms with Crippen molar-refractivity contribution in [2.45, 2.75) is 0 Å². The minimum atomic E-state index is 1.62. The quantitative estimate of drug-likeness (QED) is 0.319. The van der Waals surface area contributed by atoms with E-state index in [1.165, 1.54) is 0 Å². The van der Waals surface area contributed by atoms with Gasteiger partial charge in [-0.3, -0.25) is 5.84 Å². The Labute approximate surface area is 49.4 Å². The lowest BCUT2D eigenvalue weighted by atomic mass is 10.5. The predicted molar refractivity (Wildman–Crippen MR) is 35.8 cm³/mol. The lowest BCUT2D eigenvalue weighted by Gasteiger charge is -1.78. The van der Waals surface area contributed by atoms with Crippen molar-refractivity contribution < 1.29 is 0 Å². The number of nitrogens with two attached hydrogens (primary N) is 1. The Morgan fingerprint density at radius 3 is 2.50 bits per heavy atom. The summed E-state index contributed by atoms with van der Waals surface area (Å²) in [5, 5.41) is 0. The summed E-state index contributed by atoms with van der Waals surface area (Å²) in [6.45, 7) is 3.49. The van der Waals surface area contributed by atoms with Crippen molar-refractivity contribution in [2.75, 3.05) is 0 Å². The maximum Gasteiger partial charge on any atom is 0.0123 e. The summed E-state index contributed by atoms with van der Waals surface area (Å²) >= 11 is 0. The zero-order valence-corrected chi connectivity index (χ0v) is 4.67. The van der Waals surface area contributed by atoms with Crippen LogP contribution in [0.15, 0.2) is 37.1 Å². The topological polar surface area (TPSA) is 38.0 Å². The zero-order valence-electron chi connectivity index (χ0n) is 4.67. The highest BCUT2D eigenvalue weighted by molar-refractivity contribution is 5.07. The first-order chi connectivity index (χ1) is 3.91. The molecule has 0 aromatic rings. The number of rotatable bonds is 3. The second kappa shape index (κ2) is 5.98. The molecule has 0 saturated carbocycles. The Morgan fingerprint density at radius 1 is 1.25 bits per heavy atom. The van der Waals surface area contributed by atoms with Crippen molar-refractivity contribution >= 4 is 0 Å². The van der Waals surface area contributed by atoms with Crippen molar-refractivity contribution in [1.82, 2.24) is 5.43 Å². The molecule has 0 aliphatic carbocycles. The lowest BCUT2D eigenvalue weighted by molar-refractivity contribution is 0.968. The maximum atomic E-state index is 4.91. The number of nitrogens with one attached hydrogen (secondary N) is 1. The van der Waals surface area contributed by atoms with Gasteiger partial charge >= 0.3 is 0 Å². The van der Waals surface area contributed by atoms with Crippen molar-refractivity contribution in [3.63, 3.8) is 0 Å². The smallest absolute Gasteiger partial charge is 0.0123 e. The number of hydrazine groups is 1. The van der Waals surface area contributed by atoms with Crippen molar-refractivity contribution in [3.8, 4) is 0 Å². The number of hydrogen-bond donors (Lipinski definition) is 2. The highest BCUT2D eigenvalue weighted by Gasteiger charge is 1.56. The number of hydrogen-bond acceptors (Lipinski definition) is 2. The van der Waals surface area contributed by atoms with E-state index in [9.17, 15) is 0 Å². The number of allylic oxidation sites excluding steroid dienone is 4. The first-order valence-electron chi connectivity index (χ1n) is 2.32. The van der Waals surface area contributed by atoms with Crippen LogP contribution < -0.4 is 11.3 Å². The minimum Gasteiger partial charge on any atom is -0.331 e. The molecule has 2 heteroatoms. The van der Waals surface area contributed by atoms with E-state index >= 15 is 0 Å². The van der Waals surface area contributed by atoms with Crippen molar-refractivity contribution in [1.29, 1.82) is 0 Å². The van der Waals surface area contributed by atoms with Crippen LogP contribution >= 0.6 is 0 Å². The molecule has 8 heavy (non-hydrogen) atoms. The van der Waals surface area contributed by atoms with E-state index in [0.29, 0.717) is 0 Å². The van der Waals surface area contributed by atoms with Crippen LogP contribution in [0.25, 0.3) is 0 Å². The van der Waals surface area contributed by atoms with Crippen molar-refractivity contribution in [2.24, 2.45) is 5.84 Å². The molecule has 0 aliphatic rings. The fourth-order valence-corrected chi connectivity index (χ4v) is 0.254. The Hall–Kier alpha value is -1.02. The van der Waals surface area contributed by atoms with Crippen LogP contribution in [0.2, 0.25) is 0 Å². The fraction of sp³-hybridized carbons (Fsp3) is 0. The molecule has 0 rings (SSSR count). The first-order valence-corrected chi connectivity index (χ1v) is 2.32. The van der Waals surface area contributed by atoms with Gasteiger partial charge in [-0.1, -0.05) is 24.8 Å². The average Bonchev–Trinajstić information content (AvgIpc) is 1.81. The molecule has 0 radical (unpaired) electrons. The highest BCUT2D eigenvalue weighted by atomic mass is 15.2. The Balaban J connectivity index is 3.26. The van der Waals surface area contributed by atoms with E-state index in [-0.39, 0.29) is 0 Å². The molecule has 0 saturated heterocycles. The van der Waals surface area contributed by atoms with Gasteiger partial charge in [-0.2, -0.15) is 0 Å². The summed E-state index contributed by atoms with van der Waals surface area (Å²) in [7, 11) is 0. The molecule has 0 fully saturated rings. The molecule has 44 valence electrons. The molecule has 0 atom stereocenters. The molecule has 2 nitrogen and oxygen atoms in total. The standard InChI is InChI=1S/C6H10N2/c1-2-3-4-5-6-8-7/h2-6,8H,1,7H2/b4-3-,6-5-. The highest BCUT2D eigenvalue weighted by Crippen LogP contribution is 1.72. The molecule has 0 amide bonds. The lowest BCUT2D eigenvalue weighted by Crippen LogP contribution is -2.12. The van der Waals surface area contributed by atoms with Gasteiger partial charge in [0.15, 0.2) is 0 Å². The SMILES string of the molecule is C=C/C=C\C=C/NN. The maximum absolute atomic E-state index is 4.91. The van der Waals surface area contributed by atoms with Crippen LogP contribution in [0, 0.1) is 0 Å². The zero-order chi connectivity index (χ0) is 6.24. The summed E-state index contributed by atoms with van der Waals surface area (Å²) in [5.74, 6) is 4.91. The van der Waals surface area contributed by atoms with Gasteiger partial charge in [0.25, 0.3) is 0 Å². The summed E-state index contributed by atoms with van der Waals surface area (Å²) in [6, 6.07) is 0. The molecule has 0 aliphatic heterocycles. The van der Waals surface area contributed by atoms with Gasteiger partial charge in [-0.15, -0.1) is 0 Å². The fourth-order valence-electron chi connectivity index (χ4n) is 0.254. The largest absolute Gasteiger partial charge is 0.331 e. The first kappa shape index (κ1) is 6.98. The molecular weight excluding hydrogens is 100 g/mol. The molecule has 0 unspecified atom stereocenters. The third-order valence-electron chi connectivity index (χ3n) is 0.551. The van der Waals surface area contributed by atoms with E-state index in [2.05, 4.69) is 12.0 Å². The van der Waals surface area contributed by atoms with Gasteiger partial charge in [-0.05, 0) is 6.08 Å². The Morgan fingerprint density at radius 2 is 2.00 bits per heavy atom. The normalized spacial score (nSPS) is 10.6. The van der Waals surface area contributed by atoms with Crippen LogP contribution in [-0.2, 0) is 0 Å². The third-order valence-corrected chi connectivity index (χ3v) is 0.551. The van der Waals surface area contributed by atoms with Crippen LogP contribution in [-0.4, -0.2) is 0 Å². The van der Waals surface area contributed by atoms with Crippen LogP contribution in [0.3, 0.4) is 0 Å². The Bertz CT molecular complexity index is 103. The molecular formula is C6H10N2. The third kappa shape index (κ3) is 4.98. The molecule has 0 heterocycles. The molecule has 3 N–H and O–H groups in total. The second-order valence-corrected chi connectivity index (χ2v) is 1.15. The molecule has 0 spiro atoms. The van der Waals surface area contributed by atoms with Gasteiger partial charge in [0, 0.05) is 6.20 Å². The molecule has 0 aromatic heterocycles. The van der Waals surface area contributed by atoms with Gasteiger partial charge in [0.2, 0.25) is 0 Å². The van der Waals surface area contributed by atoms with Crippen molar-refractivity contribution in [3.05, 3.63) is 37.1 Å². The Kier molecular flexibility index (Phi) is 5.22. The minimum absolute atomic E-state index is 1.62. The summed E-state index contributed by atoms with van der Waals surface area (Å²) < 4.78 is 0. The predicted octanol–water partition coefficient (Wildman–Crippen LogP) is 0.706. The summed E-state index contributed by atoms with van der Waals surface area (Å²) in [4.78, 5) is 0. The van der Waals surface area contributed by atoms with Crippen LogP contribution in [0.1, 0.15) is 0 Å². The van der Waals surface area contributed by atoms with Crippen LogP contribution in [0.4, 0.5) is 0 Å². The van der Waals surface area contributed by atoms with Crippen LogP contribution in [0.5, 0.6) is 0 Å².